The van der Waals surface area contributed by atoms with E-state index >= 15 is 0 Å². The summed E-state index contributed by atoms with van der Waals surface area (Å²) in [6, 6.07) is 2.05. The minimum atomic E-state index is -0.741. The minimum absolute atomic E-state index is 0.0287. The average molecular weight is 267 g/mol. The van der Waals surface area contributed by atoms with Crippen LogP contribution in [0.15, 0.2) is 18.2 Å². The van der Waals surface area contributed by atoms with Crippen LogP contribution in [0.25, 0.3) is 6.08 Å². The van der Waals surface area contributed by atoms with Crippen LogP contribution in [0, 0.1) is 5.82 Å². The Morgan fingerprint density at radius 2 is 2.11 bits per heavy atom. The highest BCUT2D eigenvalue weighted by atomic mass is 19.1. The maximum Gasteiger partial charge on any atom is 0.338 e. The van der Waals surface area contributed by atoms with Crippen LogP contribution in [-0.2, 0) is 14.3 Å². The van der Waals surface area contributed by atoms with Gasteiger partial charge >= 0.3 is 11.9 Å². The van der Waals surface area contributed by atoms with Gasteiger partial charge in [0.1, 0.15) is 5.82 Å². The van der Waals surface area contributed by atoms with Crippen LogP contribution in [-0.4, -0.2) is 25.7 Å². The van der Waals surface area contributed by atoms with Crippen LogP contribution in [0.3, 0.4) is 0 Å². The van der Waals surface area contributed by atoms with Crippen LogP contribution < -0.4 is 5.73 Å². The molecular weight excluding hydrogens is 253 g/mol. The van der Waals surface area contributed by atoms with Crippen LogP contribution in [0.4, 0.5) is 10.1 Å². The van der Waals surface area contributed by atoms with Gasteiger partial charge in [-0.15, -0.1) is 0 Å². The van der Waals surface area contributed by atoms with E-state index in [2.05, 4.69) is 4.74 Å². The Bertz CT molecular complexity index is 526. The van der Waals surface area contributed by atoms with Gasteiger partial charge in [0.25, 0.3) is 0 Å². The fourth-order valence-corrected chi connectivity index (χ4v) is 1.45. The first-order valence-corrected chi connectivity index (χ1v) is 5.51. The quantitative estimate of drug-likeness (QED) is 0.511. The molecule has 1 aromatic rings. The van der Waals surface area contributed by atoms with Crippen LogP contribution in [0.5, 0.6) is 0 Å². The Morgan fingerprint density at radius 3 is 2.68 bits per heavy atom. The van der Waals surface area contributed by atoms with E-state index in [1.165, 1.54) is 13.2 Å². The predicted molar refractivity (Wildman–Crippen MR) is 67.8 cm³/mol. The summed E-state index contributed by atoms with van der Waals surface area (Å²) in [5.74, 6) is -1.98. The molecule has 1 rings (SSSR count). The average Bonchev–Trinajstić information content (AvgIpc) is 2.36. The number of ether oxygens (including phenoxy) is 2. The van der Waals surface area contributed by atoms with Crippen LogP contribution in [0.2, 0.25) is 0 Å². The maximum atomic E-state index is 13.2. The number of anilines is 1. The summed E-state index contributed by atoms with van der Waals surface area (Å²) in [6.07, 6.45) is 2.40. The van der Waals surface area contributed by atoms with Gasteiger partial charge in [-0.3, -0.25) is 0 Å². The molecule has 2 N–H and O–H groups in total. The number of carbonyl (C=O) groups excluding carboxylic acids is 2. The number of hydrogen-bond donors (Lipinski definition) is 1. The molecule has 102 valence electrons. The highest BCUT2D eigenvalue weighted by Crippen LogP contribution is 2.22. The smallest absolute Gasteiger partial charge is 0.338 e. The third-order valence-electron chi connectivity index (χ3n) is 2.25. The molecule has 0 bridgehead atoms. The van der Waals surface area contributed by atoms with Crippen molar-refractivity contribution in [2.24, 2.45) is 0 Å². The molecule has 0 heterocycles. The van der Waals surface area contributed by atoms with Gasteiger partial charge in [0.2, 0.25) is 0 Å². The molecule has 0 aliphatic heterocycles. The maximum absolute atomic E-state index is 13.2. The zero-order valence-corrected chi connectivity index (χ0v) is 10.6. The second kappa shape index (κ2) is 6.53. The molecule has 0 fully saturated rings. The Balaban J connectivity index is 3.18. The van der Waals surface area contributed by atoms with Gasteiger partial charge in [-0.1, -0.05) is 0 Å². The van der Waals surface area contributed by atoms with Crippen molar-refractivity contribution in [3.8, 4) is 0 Å². The molecule has 0 aromatic heterocycles. The van der Waals surface area contributed by atoms with Crippen molar-refractivity contribution in [1.82, 2.24) is 0 Å². The van der Waals surface area contributed by atoms with Crippen molar-refractivity contribution in [2.45, 2.75) is 6.92 Å². The van der Waals surface area contributed by atoms with Crippen molar-refractivity contribution in [3.05, 3.63) is 35.2 Å². The van der Waals surface area contributed by atoms with Gasteiger partial charge in [-0.05, 0) is 25.1 Å². The Labute approximate surface area is 109 Å². The monoisotopic (exact) mass is 267 g/mol. The summed E-state index contributed by atoms with van der Waals surface area (Å²) in [4.78, 5) is 22.7. The van der Waals surface area contributed by atoms with E-state index in [0.717, 1.165) is 18.2 Å². The second-order valence-electron chi connectivity index (χ2n) is 3.53. The Morgan fingerprint density at radius 1 is 1.42 bits per heavy atom. The lowest BCUT2D eigenvalue weighted by Crippen LogP contribution is -2.07. The van der Waals surface area contributed by atoms with Crippen LogP contribution in [0.1, 0.15) is 22.8 Å². The summed E-state index contributed by atoms with van der Waals surface area (Å²) in [5.41, 5.74) is 5.81. The fraction of sp³-hybridized carbons (Fsp3) is 0.231. The molecule has 19 heavy (non-hydrogen) atoms. The highest BCUT2D eigenvalue weighted by Gasteiger charge is 2.15. The molecule has 5 nitrogen and oxygen atoms in total. The molecule has 0 atom stereocenters. The minimum Gasteiger partial charge on any atom is -0.465 e. The molecule has 0 aliphatic rings. The van der Waals surface area contributed by atoms with E-state index in [0.29, 0.717) is 0 Å². The van der Waals surface area contributed by atoms with Crippen molar-refractivity contribution >= 4 is 23.7 Å². The van der Waals surface area contributed by atoms with Gasteiger partial charge in [0, 0.05) is 17.3 Å². The van der Waals surface area contributed by atoms with Gasteiger partial charge in [0.05, 0.1) is 19.3 Å². The van der Waals surface area contributed by atoms with Gasteiger partial charge in [0.15, 0.2) is 0 Å². The Kier molecular flexibility index (Phi) is 5.05. The number of carbonyl (C=O) groups is 2. The molecule has 0 spiro atoms. The van der Waals surface area contributed by atoms with E-state index in [-0.39, 0.29) is 23.4 Å². The summed E-state index contributed by atoms with van der Waals surface area (Å²) in [5, 5.41) is 0. The first-order valence-electron chi connectivity index (χ1n) is 5.51. The van der Waals surface area contributed by atoms with Gasteiger partial charge < -0.3 is 15.2 Å². The SMILES string of the molecule is CCOC(=O)C=Cc1c(N)cc(F)cc1C(=O)OC. The molecule has 0 aliphatic carbocycles. The lowest BCUT2D eigenvalue weighted by molar-refractivity contribution is -0.137. The highest BCUT2D eigenvalue weighted by molar-refractivity contribution is 5.98. The third-order valence-corrected chi connectivity index (χ3v) is 2.25. The normalized spacial score (nSPS) is 10.5. The third kappa shape index (κ3) is 3.80. The predicted octanol–water partition coefficient (Wildman–Crippen LogP) is 1.77. The van der Waals surface area contributed by atoms with Crippen molar-refractivity contribution in [3.63, 3.8) is 0 Å². The van der Waals surface area contributed by atoms with Crippen molar-refractivity contribution in [1.29, 1.82) is 0 Å². The van der Waals surface area contributed by atoms with E-state index in [4.69, 9.17) is 10.5 Å². The zero-order valence-electron chi connectivity index (χ0n) is 10.6. The Hall–Kier alpha value is -2.37. The number of methoxy groups -OCH3 is 1. The summed E-state index contributed by atoms with van der Waals surface area (Å²) >= 11 is 0. The van der Waals surface area contributed by atoms with E-state index in [1.807, 2.05) is 0 Å². The molecule has 1 aromatic carbocycles. The number of hydrogen-bond acceptors (Lipinski definition) is 5. The number of rotatable bonds is 4. The number of nitrogens with two attached hydrogens (primary N) is 1. The topological polar surface area (TPSA) is 78.6 Å². The summed E-state index contributed by atoms with van der Waals surface area (Å²) < 4.78 is 22.4. The number of esters is 2. The number of benzene rings is 1. The first-order chi connectivity index (χ1) is 8.99. The summed E-state index contributed by atoms with van der Waals surface area (Å²) in [6.45, 7) is 1.89. The van der Waals surface area contributed by atoms with E-state index in [9.17, 15) is 14.0 Å². The van der Waals surface area contributed by atoms with E-state index in [1.54, 1.807) is 6.92 Å². The largest absolute Gasteiger partial charge is 0.465 e. The molecule has 6 heteroatoms. The number of nitrogen functional groups attached to an aromatic ring is 1. The van der Waals surface area contributed by atoms with E-state index < -0.39 is 17.8 Å². The van der Waals surface area contributed by atoms with Gasteiger partial charge in [-0.2, -0.15) is 0 Å². The molecule has 0 radical (unpaired) electrons. The van der Waals surface area contributed by atoms with Crippen molar-refractivity contribution in [2.75, 3.05) is 19.5 Å². The van der Waals surface area contributed by atoms with Crippen molar-refractivity contribution < 1.29 is 23.5 Å². The molecule has 0 unspecified atom stereocenters. The fourth-order valence-electron chi connectivity index (χ4n) is 1.45. The second-order valence-corrected chi connectivity index (χ2v) is 3.53. The zero-order chi connectivity index (χ0) is 14.4. The van der Waals surface area contributed by atoms with Gasteiger partial charge in [-0.25, -0.2) is 14.0 Å². The summed E-state index contributed by atoms with van der Waals surface area (Å²) in [7, 11) is 1.17. The lowest BCUT2D eigenvalue weighted by Gasteiger charge is -2.07. The molecule has 0 amide bonds. The molecule has 0 saturated carbocycles. The number of halogens is 1. The van der Waals surface area contributed by atoms with Crippen LogP contribution >= 0.6 is 0 Å². The lowest BCUT2D eigenvalue weighted by atomic mass is 10.0. The molecule has 0 saturated heterocycles. The first kappa shape index (κ1) is 14.7. The molecular formula is C13H14FNO4. The standard InChI is InChI=1S/C13H14FNO4/c1-3-19-12(16)5-4-9-10(13(17)18-2)6-8(14)7-11(9)15/h4-7H,3,15H2,1-2H3.